The smallest absolute Gasteiger partial charge is 0.257 e. The standard InChI is InChI=1S/C13H17BrN2O3/c1-8(12(18)15-2)7-16(3)13(19)10-6-9(14)4-5-11(10)17/h4-6,8,17H,7H2,1-3H3,(H,15,18). The Kier molecular flexibility index (Phi) is 5.35. The quantitative estimate of drug-likeness (QED) is 0.882. The minimum Gasteiger partial charge on any atom is -0.507 e. The third-order valence-corrected chi connectivity index (χ3v) is 3.27. The molecule has 0 aliphatic rings. The molecule has 2 N–H and O–H groups in total. The number of aromatic hydroxyl groups is 1. The van der Waals surface area contributed by atoms with Gasteiger partial charge in [0, 0.05) is 25.1 Å². The van der Waals surface area contributed by atoms with E-state index in [4.69, 9.17) is 0 Å². The van der Waals surface area contributed by atoms with E-state index in [-0.39, 0.29) is 35.6 Å². The van der Waals surface area contributed by atoms with Gasteiger partial charge in [-0.15, -0.1) is 0 Å². The molecular weight excluding hydrogens is 312 g/mol. The number of carbonyl (C=O) groups excluding carboxylic acids is 2. The van der Waals surface area contributed by atoms with Crippen LogP contribution < -0.4 is 5.32 Å². The van der Waals surface area contributed by atoms with Gasteiger partial charge in [0.25, 0.3) is 5.91 Å². The predicted octanol–water partition coefficient (Wildman–Crippen LogP) is 1.61. The Morgan fingerprint density at radius 1 is 1.47 bits per heavy atom. The van der Waals surface area contributed by atoms with Crippen LogP contribution in [0, 0.1) is 5.92 Å². The van der Waals surface area contributed by atoms with Crippen LogP contribution in [0.25, 0.3) is 0 Å². The highest BCUT2D eigenvalue weighted by Gasteiger charge is 2.20. The molecule has 19 heavy (non-hydrogen) atoms. The van der Waals surface area contributed by atoms with E-state index in [9.17, 15) is 14.7 Å². The van der Waals surface area contributed by atoms with E-state index in [0.717, 1.165) is 0 Å². The summed E-state index contributed by atoms with van der Waals surface area (Å²) in [5, 5.41) is 12.2. The average molecular weight is 329 g/mol. The predicted molar refractivity (Wildman–Crippen MR) is 76.0 cm³/mol. The van der Waals surface area contributed by atoms with Gasteiger partial charge in [0.2, 0.25) is 5.91 Å². The maximum absolute atomic E-state index is 12.2. The van der Waals surface area contributed by atoms with Gasteiger partial charge in [0.1, 0.15) is 5.75 Å². The fourth-order valence-electron chi connectivity index (χ4n) is 1.71. The van der Waals surface area contributed by atoms with Crippen LogP contribution >= 0.6 is 15.9 Å². The number of halogens is 1. The first-order chi connectivity index (χ1) is 8.86. The number of rotatable bonds is 4. The van der Waals surface area contributed by atoms with Crippen molar-refractivity contribution in [3.8, 4) is 5.75 Å². The van der Waals surface area contributed by atoms with Gasteiger partial charge in [-0.25, -0.2) is 0 Å². The minimum atomic E-state index is -0.324. The molecule has 1 rings (SSSR count). The highest BCUT2D eigenvalue weighted by atomic mass is 79.9. The van der Waals surface area contributed by atoms with Gasteiger partial charge in [-0.05, 0) is 18.2 Å². The second-order valence-electron chi connectivity index (χ2n) is 4.36. The number of carbonyl (C=O) groups is 2. The fourth-order valence-corrected chi connectivity index (χ4v) is 2.07. The van der Waals surface area contributed by atoms with Crippen molar-refractivity contribution in [1.29, 1.82) is 0 Å². The lowest BCUT2D eigenvalue weighted by atomic mass is 10.1. The molecule has 0 aromatic heterocycles. The molecule has 2 amide bonds. The maximum Gasteiger partial charge on any atom is 0.257 e. The van der Waals surface area contributed by atoms with Crippen LogP contribution in [0.15, 0.2) is 22.7 Å². The average Bonchev–Trinajstić information content (AvgIpc) is 2.39. The van der Waals surface area contributed by atoms with Gasteiger partial charge in [-0.3, -0.25) is 9.59 Å². The third-order valence-electron chi connectivity index (χ3n) is 2.78. The van der Waals surface area contributed by atoms with E-state index in [1.165, 1.54) is 11.0 Å². The van der Waals surface area contributed by atoms with E-state index in [0.29, 0.717) is 4.47 Å². The van der Waals surface area contributed by atoms with Crippen molar-refractivity contribution in [3.05, 3.63) is 28.2 Å². The number of phenolic OH excluding ortho intramolecular Hbond substituents is 1. The molecule has 0 aliphatic carbocycles. The second-order valence-corrected chi connectivity index (χ2v) is 5.28. The Bertz CT molecular complexity index is 491. The molecule has 1 aromatic rings. The number of phenols is 1. The van der Waals surface area contributed by atoms with Crippen molar-refractivity contribution in [2.45, 2.75) is 6.92 Å². The fraction of sp³-hybridized carbons (Fsp3) is 0.385. The summed E-state index contributed by atoms with van der Waals surface area (Å²) < 4.78 is 0.710. The van der Waals surface area contributed by atoms with Gasteiger partial charge in [-0.2, -0.15) is 0 Å². The molecule has 1 atom stereocenters. The summed E-state index contributed by atoms with van der Waals surface area (Å²) in [6.45, 7) is 2.02. The van der Waals surface area contributed by atoms with E-state index in [1.807, 2.05) is 0 Å². The molecule has 0 heterocycles. The van der Waals surface area contributed by atoms with Gasteiger partial charge in [0.05, 0.1) is 11.5 Å². The van der Waals surface area contributed by atoms with Crippen molar-refractivity contribution in [2.24, 2.45) is 5.92 Å². The lowest BCUT2D eigenvalue weighted by molar-refractivity contribution is -0.124. The molecule has 0 radical (unpaired) electrons. The van der Waals surface area contributed by atoms with Crippen molar-refractivity contribution in [3.63, 3.8) is 0 Å². The first kappa shape index (κ1) is 15.5. The molecule has 1 aromatic carbocycles. The Hall–Kier alpha value is -1.56. The van der Waals surface area contributed by atoms with Crippen LogP contribution in [0.3, 0.4) is 0 Å². The van der Waals surface area contributed by atoms with E-state index in [1.54, 1.807) is 33.2 Å². The normalized spacial score (nSPS) is 11.8. The van der Waals surface area contributed by atoms with Crippen LogP contribution in [-0.2, 0) is 4.79 Å². The molecule has 5 nitrogen and oxygen atoms in total. The molecule has 0 spiro atoms. The molecule has 0 saturated carbocycles. The Labute approximate surface area is 120 Å². The monoisotopic (exact) mass is 328 g/mol. The zero-order valence-corrected chi connectivity index (χ0v) is 12.7. The lowest BCUT2D eigenvalue weighted by Crippen LogP contribution is -2.37. The van der Waals surface area contributed by atoms with Crippen molar-refractivity contribution in [1.82, 2.24) is 10.2 Å². The summed E-state index contributed by atoms with van der Waals surface area (Å²) in [5.74, 6) is -0.839. The molecule has 0 saturated heterocycles. The van der Waals surface area contributed by atoms with Gasteiger partial charge >= 0.3 is 0 Å². The minimum absolute atomic E-state index is 0.0763. The zero-order chi connectivity index (χ0) is 14.6. The van der Waals surface area contributed by atoms with Crippen LogP contribution in [0.1, 0.15) is 17.3 Å². The molecule has 0 bridgehead atoms. The van der Waals surface area contributed by atoms with E-state index in [2.05, 4.69) is 21.2 Å². The van der Waals surface area contributed by atoms with E-state index >= 15 is 0 Å². The number of amides is 2. The van der Waals surface area contributed by atoms with Gasteiger partial charge < -0.3 is 15.3 Å². The van der Waals surface area contributed by atoms with Crippen molar-refractivity contribution >= 4 is 27.7 Å². The molecule has 1 unspecified atom stereocenters. The highest BCUT2D eigenvalue weighted by molar-refractivity contribution is 9.10. The third kappa shape index (κ3) is 3.96. The first-order valence-corrected chi connectivity index (χ1v) is 6.61. The Morgan fingerprint density at radius 2 is 2.11 bits per heavy atom. The largest absolute Gasteiger partial charge is 0.507 e. The van der Waals surface area contributed by atoms with Crippen LogP contribution in [0.4, 0.5) is 0 Å². The van der Waals surface area contributed by atoms with Crippen LogP contribution in [0.2, 0.25) is 0 Å². The number of nitrogens with one attached hydrogen (secondary N) is 1. The number of nitrogens with zero attached hydrogens (tertiary/aromatic N) is 1. The van der Waals surface area contributed by atoms with Gasteiger partial charge in [-0.1, -0.05) is 22.9 Å². The topological polar surface area (TPSA) is 69.6 Å². The Balaban J connectivity index is 2.82. The number of hydrogen-bond acceptors (Lipinski definition) is 3. The second kappa shape index (κ2) is 6.56. The summed E-state index contributed by atoms with van der Waals surface area (Å²) in [6, 6.07) is 4.66. The number of hydrogen-bond donors (Lipinski definition) is 2. The summed E-state index contributed by atoms with van der Waals surface area (Å²) in [7, 11) is 3.16. The zero-order valence-electron chi connectivity index (χ0n) is 11.1. The summed E-state index contributed by atoms with van der Waals surface area (Å²) in [4.78, 5) is 25.0. The van der Waals surface area contributed by atoms with Gasteiger partial charge in [0.15, 0.2) is 0 Å². The molecule has 104 valence electrons. The molecule has 0 aliphatic heterocycles. The van der Waals surface area contributed by atoms with Crippen LogP contribution in [-0.4, -0.2) is 42.5 Å². The van der Waals surface area contributed by atoms with Crippen molar-refractivity contribution in [2.75, 3.05) is 20.6 Å². The van der Waals surface area contributed by atoms with Crippen LogP contribution in [0.5, 0.6) is 5.75 Å². The van der Waals surface area contributed by atoms with Crippen molar-refractivity contribution < 1.29 is 14.7 Å². The summed E-state index contributed by atoms with van der Waals surface area (Å²) >= 11 is 3.25. The maximum atomic E-state index is 12.2. The first-order valence-electron chi connectivity index (χ1n) is 5.82. The SMILES string of the molecule is CNC(=O)C(C)CN(C)C(=O)c1cc(Br)ccc1O. The molecular formula is C13H17BrN2O3. The van der Waals surface area contributed by atoms with E-state index < -0.39 is 0 Å². The number of benzene rings is 1. The molecule has 6 heteroatoms. The highest BCUT2D eigenvalue weighted by Crippen LogP contribution is 2.23. The Morgan fingerprint density at radius 3 is 2.68 bits per heavy atom. The summed E-state index contributed by atoms with van der Waals surface area (Å²) in [5.41, 5.74) is 0.209. The molecule has 0 fully saturated rings. The summed E-state index contributed by atoms with van der Waals surface area (Å²) in [6.07, 6.45) is 0. The lowest BCUT2D eigenvalue weighted by Gasteiger charge is -2.21.